The van der Waals surface area contributed by atoms with E-state index in [0.717, 1.165) is 48.4 Å². The molecule has 6 heteroatoms. The molecule has 1 unspecified atom stereocenters. The second-order valence-corrected chi connectivity index (χ2v) is 7.92. The van der Waals surface area contributed by atoms with Crippen LogP contribution in [0.3, 0.4) is 0 Å². The molecular formula is C21H19N3O2S. The number of aromatic nitrogens is 2. The first-order valence-electron chi connectivity index (χ1n) is 9.37. The summed E-state index contributed by atoms with van der Waals surface area (Å²) >= 11 is 1.03. The van der Waals surface area contributed by atoms with Gasteiger partial charge in [0, 0.05) is 24.6 Å². The maximum absolute atomic E-state index is 13.3. The van der Waals surface area contributed by atoms with E-state index in [1.54, 1.807) is 4.90 Å². The summed E-state index contributed by atoms with van der Waals surface area (Å²) in [6, 6.07) is 10.4. The highest BCUT2D eigenvalue weighted by atomic mass is 32.1. The van der Waals surface area contributed by atoms with Crippen molar-refractivity contribution in [1.29, 1.82) is 0 Å². The molecule has 0 radical (unpaired) electrons. The fraction of sp³-hybridized carbons (Fsp3) is 0.333. The number of nitrogens with zero attached hydrogens (tertiary/aromatic N) is 3. The Balaban J connectivity index is 1.45. The van der Waals surface area contributed by atoms with Crippen molar-refractivity contribution in [2.75, 3.05) is 13.1 Å². The standard InChI is InChI=1S/C21H19N3O2S/c25-20(15-4-2-10-24(12-15)21(26)18-11-22-27-23-18)17-9-8-14-7-6-13-3-1-5-16(17)19(13)14/h1,3,5,8-9,11,15H,2,4,6-7,10,12H2. The van der Waals surface area contributed by atoms with Gasteiger partial charge in [0.15, 0.2) is 11.5 Å². The lowest BCUT2D eigenvalue weighted by molar-refractivity contribution is 0.0633. The molecule has 2 aromatic carbocycles. The Kier molecular flexibility index (Phi) is 4.01. The first kappa shape index (κ1) is 16.6. The number of likely N-dealkylation sites (tertiary alicyclic amines) is 1. The van der Waals surface area contributed by atoms with E-state index >= 15 is 0 Å². The fourth-order valence-corrected chi connectivity index (χ4v) is 4.89. The number of carbonyl (C=O) groups excluding carboxylic acids is 2. The molecule has 136 valence electrons. The quantitative estimate of drug-likeness (QED) is 0.655. The predicted octanol–water partition coefficient (Wildman–Crippen LogP) is 3.53. The van der Waals surface area contributed by atoms with Crippen molar-refractivity contribution in [1.82, 2.24) is 13.6 Å². The van der Waals surface area contributed by atoms with Gasteiger partial charge in [-0.3, -0.25) is 9.59 Å². The number of hydrogen-bond donors (Lipinski definition) is 0. The molecule has 1 saturated heterocycles. The van der Waals surface area contributed by atoms with Gasteiger partial charge in [-0.1, -0.05) is 30.3 Å². The van der Waals surface area contributed by atoms with Crippen LogP contribution >= 0.6 is 11.7 Å². The number of hydrogen-bond acceptors (Lipinski definition) is 5. The molecule has 0 saturated carbocycles. The number of aryl methyl sites for hydroxylation is 2. The van der Waals surface area contributed by atoms with Crippen LogP contribution in [0.25, 0.3) is 10.8 Å². The van der Waals surface area contributed by atoms with Crippen LogP contribution in [0.5, 0.6) is 0 Å². The number of piperidine rings is 1. The van der Waals surface area contributed by atoms with Crippen LogP contribution < -0.4 is 0 Å². The van der Waals surface area contributed by atoms with Crippen molar-refractivity contribution in [3.05, 3.63) is 58.9 Å². The van der Waals surface area contributed by atoms with Crippen molar-refractivity contribution in [3.8, 4) is 0 Å². The van der Waals surface area contributed by atoms with Crippen LogP contribution in [0.1, 0.15) is 44.8 Å². The largest absolute Gasteiger partial charge is 0.336 e. The molecule has 5 rings (SSSR count). The van der Waals surface area contributed by atoms with Crippen LogP contribution in [0.15, 0.2) is 36.5 Å². The third-order valence-corrected chi connectivity index (χ3v) is 6.28. The maximum Gasteiger partial charge on any atom is 0.275 e. The van der Waals surface area contributed by atoms with E-state index in [9.17, 15) is 9.59 Å². The van der Waals surface area contributed by atoms with E-state index in [-0.39, 0.29) is 17.6 Å². The second kappa shape index (κ2) is 6.53. The number of Topliss-reactive ketones (excluding diaryl/α,β-unsaturated/α-hetero) is 1. The van der Waals surface area contributed by atoms with Gasteiger partial charge in [-0.15, -0.1) is 0 Å². The van der Waals surface area contributed by atoms with Crippen molar-refractivity contribution in [2.24, 2.45) is 5.92 Å². The average molecular weight is 377 g/mol. The third-order valence-electron chi connectivity index (χ3n) is 5.80. The van der Waals surface area contributed by atoms with E-state index in [0.29, 0.717) is 18.8 Å². The zero-order valence-electron chi connectivity index (χ0n) is 14.9. The summed E-state index contributed by atoms with van der Waals surface area (Å²) in [5.74, 6) is -0.131. The zero-order chi connectivity index (χ0) is 18.4. The summed E-state index contributed by atoms with van der Waals surface area (Å²) in [6.07, 6.45) is 5.26. The van der Waals surface area contributed by atoms with Crippen LogP contribution in [-0.4, -0.2) is 38.4 Å². The first-order chi connectivity index (χ1) is 13.2. The van der Waals surface area contributed by atoms with Crippen molar-refractivity contribution in [3.63, 3.8) is 0 Å². The van der Waals surface area contributed by atoms with Gasteiger partial charge in [-0.25, -0.2) is 0 Å². The lowest BCUT2D eigenvalue weighted by Gasteiger charge is -2.31. The molecule has 27 heavy (non-hydrogen) atoms. The monoisotopic (exact) mass is 377 g/mol. The van der Waals surface area contributed by atoms with Gasteiger partial charge >= 0.3 is 0 Å². The van der Waals surface area contributed by atoms with E-state index in [1.165, 1.54) is 22.7 Å². The highest BCUT2D eigenvalue weighted by molar-refractivity contribution is 6.99. The fourth-order valence-electron chi connectivity index (χ4n) is 4.48. The van der Waals surface area contributed by atoms with Gasteiger partial charge in [-0.05, 0) is 47.6 Å². The molecule has 1 aliphatic heterocycles. The van der Waals surface area contributed by atoms with Gasteiger partial charge < -0.3 is 4.90 Å². The van der Waals surface area contributed by atoms with Crippen LogP contribution in [0.2, 0.25) is 0 Å². The van der Waals surface area contributed by atoms with Gasteiger partial charge in [0.1, 0.15) is 0 Å². The lowest BCUT2D eigenvalue weighted by Crippen LogP contribution is -2.42. The summed E-state index contributed by atoms with van der Waals surface area (Å²) < 4.78 is 7.95. The SMILES string of the molecule is O=C(c1ccc2c3c(cccc13)CC2)C1CCCN(C(=O)c2cnsn2)C1. The molecule has 1 atom stereocenters. The summed E-state index contributed by atoms with van der Waals surface area (Å²) in [5.41, 5.74) is 3.85. The average Bonchev–Trinajstić information content (AvgIpc) is 3.39. The molecule has 1 aromatic heterocycles. The van der Waals surface area contributed by atoms with E-state index < -0.39 is 0 Å². The van der Waals surface area contributed by atoms with E-state index in [1.807, 2.05) is 6.07 Å². The number of ketones is 1. The molecule has 2 heterocycles. The second-order valence-electron chi connectivity index (χ2n) is 7.36. The predicted molar refractivity (Wildman–Crippen MR) is 104 cm³/mol. The van der Waals surface area contributed by atoms with Crippen molar-refractivity contribution >= 4 is 34.2 Å². The topological polar surface area (TPSA) is 63.2 Å². The Morgan fingerprint density at radius 1 is 1.11 bits per heavy atom. The molecule has 0 bridgehead atoms. The molecule has 1 amide bonds. The van der Waals surface area contributed by atoms with Gasteiger partial charge in [0.25, 0.3) is 5.91 Å². The summed E-state index contributed by atoms with van der Waals surface area (Å²) in [7, 11) is 0. The van der Waals surface area contributed by atoms with Crippen molar-refractivity contribution < 1.29 is 9.59 Å². The Labute approximate surface area is 161 Å². The van der Waals surface area contributed by atoms with Crippen LogP contribution in [0, 0.1) is 5.92 Å². The highest BCUT2D eigenvalue weighted by Crippen LogP contribution is 2.34. The molecule has 0 N–H and O–H groups in total. The molecule has 2 aliphatic rings. The third kappa shape index (κ3) is 2.75. The molecule has 1 aliphatic carbocycles. The summed E-state index contributed by atoms with van der Waals surface area (Å²) in [4.78, 5) is 27.7. The number of carbonyl (C=O) groups is 2. The first-order valence-corrected chi connectivity index (χ1v) is 10.1. The Bertz CT molecular complexity index is 1030. The number of amides is 1. The smallest absolute Gasteiger partial charge is 0.275 e. The van der Waals surface area contributed by atoms with Gasteiger partial charge in [-0.2, -0.15) is 8.75 Å². The minimum atomic E-state index is -0.159. The number of rotatable bonds is 3. The lowest BCUT2D eigenvalue weighted by atomic mass is 9.87. The molecule has 0 spiro atoms. The normalized spacial score (nSPS) is 18.8. The maximum atomic E-state index is 13.3. The minimum Gasteiger partial charge on any atom is -0.336 e. The van der Waals surface area contributed by atoms with Gasteiger partial charge in [0.05, 0.1) is 17.9 Å². The van der Waals surface area contributed by atoms with E-state index in [2.05, 4.69) is 33.0 Å². The molecule has 5 nitrogen and oxygen atoms in total. The Morgan fingerprint density at radius 3 is 2.78 bits per heavy atom. The minimum absolute atomic E-state index is 0.123. The summed E-state index contributed by atoms with van der Waals surface area (Å²) in [6.45, 7) is 1.13. The van der Waals surface area contributed by atoms with E-state index in [4.69, 9.17) is 0 Å². The van der Waals surface area contributed by atoms with Crippen molar-refractivity contribution in [2.45, 2.75) is 25.7 Å². The zero-order valence-corrected chi connectivity index (χ0v) is 15.7. The molecular weight excluding hydrogens is 358 g/mol. The van der Waals surface area contributed by atoms with Crippen LogP contribution in [-0.2, 0) is 12.8 Å². The van der Waals surface area contributed by atoms with Gasteiger partial charge in [0.2, 0.25) is 0 Å². The molecule has 3 aromatic rings. The number of benzene rings is 2. The Morgan fingerprint density at radius 2 is 1.96 bits per heavy atom. The Hall–Kier alpha value is -2.60. The molecule has 1 fully saturated rings. The highest BCUT2D eigenvalue weighted by Gasteiger charge is 2.31. The van der Waals surface area contributed by atoms with Crippen LogP contribution in [0.4, 0.5) is 0 Å². The summed E-state index contributed by atoms with van der Waals surface area (Å²) in [5, 5.41) is 2.33.